The van der Waals surface area contributed by atoms with E-state index in [9.17, 15) is 0 Å². The Morgan fingerprint density at radius 3 is 1.49 bits per heavy atom. The molecule has 4 heteroatoms. The van der Waals surface area contributed by atoms with Crippen molar-refractivity contribution in [3.8, 4) is 45.3 Å². The van der Waals surface area contributed by atoms with Crippen molar-refractivity contribution < 1.29 is 4.42 Å². The van der Waals surface area contributed by atoms with Gasteiger partial charge in [0.2, 0.25) is 0 Å². The molecule has 0 aliphatic rings. The number of hydrogen-bond acceptors (Lipinski definition) is 4. The highest BCUT2D eigenvalue weighted by molar-refractivity contribution is 6.07. The van der Waals surface area contributed by atoms with E-state index in [0.717, 1.165) is 54.8 Å². The predicted molar refractivity (Wildman–Crippen MR) is 201 cm³/mol. The quantitative estimate of drug-likeness (QED) is 0.195. The summed E-state index contributed by atoms with van der Waals surface area (Å²) in [7, 11) is 0. The first-order valence-electron chi connectivity index (χ1n) is 16.4. The van der Waals surface area contributed by atoms with Gasteiger partial charge in [0.25, 0.3) is 0 Å². The number of furan rings is 1. The molecule has 0 aliphatic heterocycles. The minimum Gasteiger partial charge on any atom is -0.456 e. The van der Waals surface area contributed by atoms with Crippen LogP contribution >= 0.6 is 0 Å². The normalized spacial score (nSPS) is 11.7. The number of benzene rings is 8. The molecule has 0 spiro atoms. The number of aromatic nitrogens is 3. The van der Waals surface area contributed by atoms with E-state index < -0.39 is 0 Å². The molecule has 10 rings (SSSR count). The monoisotopic (exact) mass is 625 g/mol. The van der Waals surface area contributed by atoms with Crippen LogP contribution in [0.1, 0.15) is 0 Å². The highest BCUT2D eigenvalue weighted by Gasteiger charge is 2.17. The summed E-state index contributed by atoms with van der Waals surface area (Å²) in [6.45, 7) is 0. The summed E-state index contributed by atoms with van der Waals surface area (Å²) in [5.41, 5.74) is 6.85. The van der Waals surface area contributed by atoms with E-state index in [4.69, 9.17) is 19.4 Å². The van der Waals surface area contributed by atoms with Gasteiger partial charge in [0.15, 0.2) is 17.5 Å². The summed E-state index contributed by atoms with van der Waals surface area (Å²) in [5.74, 6) is 1.85. The van der Waals surface area contributed by atoms with Gasteiger partial charge in [-0.2, -0.15) is 0 Å². The molecule has 0 radical (unpaired) electrons. The number of fused-ring (bicyclic) bond motifs is 6. The second-order valence-electron chi connectivity index (χ2n) is 12.4. The molecular formula is C45H27N3O. The van der Waals surface area contributed by atoms with Gasteiger partial charge in [-0.1, -0.05) is 140 Å². The molecule has 49 heavy (non-hydrogen) atoms. The molecule has 0 bridgehead atoms. The molecule has 0 saturated heterocycles. The van der Waals surface area contributed by atoms with Gasteiger partial charge in [0.05, 0.1) is 0 Å². The van der Waals surface area contributed by atoms with E-state index in [1.165, 1.54) is 27.3 Å². The summed E-state index contributed by atoms with van der Waals surface area (Å²) >= 11 is 0. The number of nitrogens with zero attached hydrogens (tertiary/aromatic N) is 3. The van der Waals surface area contributed by atoms with Crippen molar-refractivity contribution in [2.75, 3.05) is 0 Å². The number of para-hydroxylation sites is 1. The third kappa shape index (κ3) is 4.57. The fraction of sp³-hybridized carbons (Fsp3) is 0. The minimum absolute atomic E-state index is 0.597. The lowest BCUT2D eigenvalue weighted by Gasteiger charge is -2.13. The molecule has 8 aromatic carbocycles. The van der Waals surface area contributed by atoms with Gasteiger partial charge >= 0.3 is 0 Å². The average Bonchev–Trinajstić information content (AvgIpc) is 3.55. The highest BCUT2D eigenvalue weighted by atomic mass is 16.3. The molecule has 4 nitrogen and oxygen atoms in total. The molecule has 0 atom stereocenters. The van der Waals surface area contributed by atoms with Gasteiger partial charge < -0.3 is 4.42 Å². The van der Waals surface area contributed by atoms with Crippen LogP contribution < -0.4 is 0 Å². The zero-order chi connectivity index (χ0) is 32.3. The fourth-order valence-corrected chi connectivity index (χ4v) is 7.16. The van der Waals surface area contributed by atoms with Crippen LogP contribution in [0.2, 0.25) is 0 Å². The fourth-order valence-electron chi connectivity index (χ4n) is 7.16. The van der Waals surface area contributed by atoms with Gasteiger partial charge in [-0.25, -0.2) is 15.0 Å². The summed E-state index contributed by atoms with van der Waals surface area (Å²) in [5, 5.41) is 9.17. The second-order valence-corrected chi connectivity index (χ2v) is 12.4. The zero-order valence-corrected chi connectivity index (χ0v) is 26.3. The van der Waals surface area contributed by atoms with Crippen LogP contribution in [0.4, 0.5) is 0 Å². The first-order chi connectivity index (χ1) is 24.3. The maximum absolute atomic E-state index is 6.25. The molecule has 2 heterocycles. The predicted octanol–water partition coefficient (Wildman–Crippen LogP) is 11.9. The first-order valence-corrected chi connectivity index (χ1v) is 16.4. The summed E-state index contributed by atoms with van der Waals surface area (Å²) in [4.78, 5) is 15.3. The molecule has 10 aromatic rings. The lowest BCUT2D eigenvalue weighted by Crippen LogP contribution is -2.00. The van der Waals surface area contributed by atoms with Gasteiger partial charge in [0.1, 0.15) is 11.2 Å². The summed E-state index contributed by atoms with van der Waals surface area (Å²) in [6, 6.07) is 57.0. The third-order valence-corrected chi connectivity index (χ3v) is 9.52. The first kappa shape index (κ1) is 27.5. The molecule has 0 aliphatic carbocycles. The largest absolute Gasteiger partial charge is 0.456 e. The molecule has 0 N–H and O–H groups in total. The molecular weight excluding hydrogens is 599 g/mol. The third-order valence-electron chi connectivity index (χ3n) is 9.52. The van der Waals surface area contributed by atoms with Crippen LogP contribution in [0, 0.1) is 0 Å². The maximum atomic E-state index is 6.25. The van der Waals surface area contributed by atoms with Crippen molar-refractivity contribution >= 4 is 54.3 Å². The Bertz CT molecular complexity index is 2890. The van der Waals surface area contributed by atoms with E-state index in [1.807, 2.05) is 24.3 Å². The molecule has 0 unspecified atom stereocenters. The number of rotatable bonds is 4. The van der Waals surface area contributed by atoms with Crippen molar-refractivity contribution in [1.82, 2.24) is 15.0 Å². The minimum atomic E-state index is 0.597. The molecule has 0 amide bonds. The van der Waals surface area contributed by atoms with E-state index in [-0.39, 0.29) is 0 Å². The van der Waals surface area contributed by atoms with Crippen molar-refractivity contribution in [3.63, 3.8) is 0 Å². The molecule has 2 aromatic heterocycles. The van der Waals surface area contributed by atoms with Gasteiger partial charge in [0, 0.05) is 27.5 Å². The van der Waals surface area contributed by atoms with Crippen LogP contribution in [0.25, 0.3) is 99.5 Å². The molecule has 0 fully saturated rings. The Morgan fingerprint density at radius 2 is 0.776 bits per heavy atom. The Morgan fingerprint density at radius 1 is 0.306 bits per heavy atom. The standard InChI is InChI=1S/C45H27N3O/c1-3-15-33-28(10-1)12-7-18-36(33)37-19-9-14-30-26-31(22-24-35(30)37)43-46-44(32-23-25-39-38-17-5-6-21-41(38)49-42(39)27-32)48-45(47-43)40-20-8-13-29-11-2-4-16-34(29)40/h1-27H. The Hall–Kier alpha value is -6.65. The van der Waals surface area contributed by atoms with Gasteiger partial charge in [-0.3, -0.25) is 0 Å². The van der Waals surface area contributed by atoms with E-state index in [1.54, 1.807) is 0 Å². The zero-order valence-electron chi connectivity index (χ0n) is 26.3. The topological polar surface area (TPSA) is 51.8 Å². The van der Waals surface area contributed by atoms with Crippen molar-refractivity contribution in [1.29, 1.82) is 0 Å². The Labute approximate surface area is 282 Å². The summed E-state index contributed by atoms with van der Waals surface area (Å²) in [6.07, 6.45) is 0. The van der Waals surface area contributed by atoms with Crippen LogP contribution in [-0.2, 0) is 0 Å². The van der Waals surface area contributed by atoms with Crippen LogP contribution in [-0.4, -0.2) is 15.0 Å². The maximum Gasteiger partial charge on any atom is 0.164 e. The average molecular weight is 626 g/mol. The van der Waals surface area contributed by atoms with Crippen molar-refractivity contribution in [3.05, 3.63) is 164 Å². The van der Waals surface area contributed by atoms with E-state index >= 15 is 0 Å². The lowest BCUT2D eigenvalue weighted by molar-refractivity contribution is 0.669. The lowest BCUT2D eigenvalue weighted by atomic mass is 9.93. The SMILES string of the molecule is c1ccc2c(-c3nc(-c4ccc5c(-c6cccc7ccccc67)cccc5c4)nc(-c4ccc5c(c4)oc4ccccc45)n3)cccc2c1. The highest BCUT2D eigenvalue weighted by Crippen LogP contribution is 2.37. The van der Waals surface area contributed by atoms with E-state index in [2.05, 4.69) is 140 Å². The molecule has 0 saturated carbocycles. The summed E-state index contributed by atoms with van der Waals surface area (Å²) < 4.78 is 6.25. The Balaban J connectivity index is 1.17. The van der Waals surface area contributed by atoms with Crippen LogP contribution in [0.15, 0.2) is 168 Å². The van der Waals surface area contributed by atoms with Crippen molar-refractivity contribution in [2.45, 2.75) is 0 Å². The number of hydrogen-bond donors (Lipinski definition) is 0. The van der Waals surface area contributed by atoms with Crippen LogP contribution in [0.5, 0.6) is 0 Å². The van der Waals surface area contributed by atoms with Crippen LogP contribution in [0.3, 0.4) is 0 Å². The smallest absolute Gasteiger partial charge is 0.164 e. The second kappa shape index (κ2) is 11.0. The molecule has 228 valence electrons. The van der Waals surface area contributed by atoms with Gasteiger partial charge in [-0.15, -0.1) is 0 Å². The van der Waals surface area contributed by atoms with E-state index in [0.29, 0.717) is 17.5 Å². The van der Waals surface area contributed by atoms with Gasteiger partial charge in [-0.05, 0) is 67.7 Å². The van der Waals surface area contributed by atoms with Crippen molar-refractivity contribution in [2.24, 2.45) is 0 Å². The Kier molecular flexibility index (Phi) is 6.15.